The third-order valence-electron chi connectivity index (χ3n) is 4.25. The van der Waals surface area contributed by atoms with Crippen molar-refractivity contribution in [3.63, 3.8) is 0 Å². The van der Waals surface area contributed by atoms with Gasteiger partial charge < -0.3 is 14.8 Å². The summed E-state index contributed by atoms with van der Waals surface area (Å²) in [6, 6.07) is 7.87. The molecule has 21 heavy (non-hydrogen) atoms. The van der Waals surface area contributed by atoms with Gasteiger partial charge in [0, 0.05) is 6.54 Å². The van der Waals surface area contributed by atoms with E-state index in [9.17, 15) is 0 Å². The standard InChI is InChI=1S/C18H29NO2/c1-3-20-17-6-4-5-7-18(17)21-13-12-19-14-16-10-8-15(2)9-11-16/h4-7,15-16,19H,3,8-14H2,1-2H3. The molecule has 1 aliphatic rings. The number of benzene rings is 1. The van der Waals surface area contributed by atoms with Gasteiger partial charge in [-0.15, -0.1) is 0 Å². The highest BCUT2D eigenvalue weighted by Crippen LogP contribution is 2.28. The Morgan fingerprint density at radius 2 is 1.71 bits per heavy atom. The summed E-state index contributed by atoms with van der Waals surface area (Å²) in [5.74, 6) is 3.46. The van der Waals surface area contributed by atoms with Crippen molar-refractivity contribution in [1.29, 1.82) is 0 Å². The van der Waals surface area contributed by atoms with E-state index in [2.05, 4.69) is 12.2 Å². The molecule has 1 aromatic carbocycles. The molecule has 0 aromatic heterocycles. The summed E-state index contributed by atoms with van der Waals surface area (Å²) in [4.78, 5) is 0. The molecule has 0 bridgehead atoms. The van der Waals surface area contributed by atoms with Gasteiger partial charge in [0.15, 0.2) is 11.5 Å². The minimum Gasteiger partial charge on any atom is -0.490 e. The van der Waals surface area contributed by atoms with Gasteiger partial charge in [-0.25, -0.2) is 0 Å². The fourth-order valence-electron chi connectivity index (χ4n) is 2.92. The maximum Gasteiger partial charge on any atom is 0.161 e. The van der Waals surface area contributed by atoms with Crippen molar-refractivity contribution in [3.05, 3.63) is 24.3 Å². The van der Waals surface area contributed by atoms with Crippen LogP contribution in [0.2, 0.25) is 0 Å². The van der Waals surface area contributed by atoms with Crippen molar-refractivity contribution in [1.82, 2.24) is 5.32 Å². The van der Waals surface area contributed by atoms with Crippen molar-refractivity contribution in [2.75, 3.05) is 26.3 Å². The molecule has 0 saturated heterocycles. The first-order valence-electron chi connectivity index (χ1n) is 8.35. The van der Waals surface area contributed by atoms with E-state index in [1.807, 2.05) is 31.2 Å². The highest BCUT2D eigenvalue weighted by atomic mass is 16.5. The summed E-state index contributed by atoms with van der Waals surface area (Å²) in [5.41, 5.74) is 0. The zero-order valence-electron chi connectivity index (χ0n) is 13.4. The molecular weight excluding hydrogens is 262 g/mol. The molecule has 3 nitrogen and oxygen atoms in total. The van der Waals surface area contributed by atoms with E-state index in [0.717, 1.165) is 36.4 Å². The molecule has 1 aliphatic carbocycles. The van der Waals surface area contributed by atoms with Crippen LogP contribution in [-0.2, 0) is 0 Å². The first-order valence-corrected chi connectivity index (χ1v) is 8.35. The fourth-order valence-corrected chi connectivity index (χ4v) is 2.92. The molecule has 1 saturated carbocycles. The molecule has 1 fully saturated rings. The van der Waals surface area contributed by atoms with Gasteiger partial charge in [0.05, 0.1) is 6.61 Å². The zero-order valence-corrected chi connectivity index (χ0v) is 13.4. The number of hydrogen-bond acceptors (Lipinski definition) is 3. The van der Waals surface area contributed by atoms with Crippen molar-refractivity contribution in [2.45, 2.75) is 39.5 Å². The van der Waals surface area contributed by atoms with Gasteiger partial charge in [-0.1, -0.05) is 31.9 Å². The van der Waals surface area contributed by atoms with Crippen LogP contribution < -0.4 is 14.8 Å². The van der Waals surface area contributed by atoms with Crippen LogP contribution in [0.1, 0.15) is 39.5 Å². The van der Waals surface area contributed by atoms with Crippen LogP contribution in [-0.4, -0.2) is 26.3 Å². The maximum atomic E-state index is 5.81. The number of hydrogen-bond donors (Lipinski definition) is 1. The van der Waals surface area contributed by atoms with Gasteiger partial charge >= 0.3 is 0 Å². The van der Waals surface area contributed by atoms with Crippen LogP contribution in [0.15, 0.2) is 24.3 Å². The highest BCUT2D eigenvalue weighted by molar-refractivity contribution is 5.39. The Bertz CT molecular complexity index is 400. The summed E-state index contributed by atoms with van der Waals surface area (Å²) in [6.45, 7) is 7.73. The van der Waals surface area contributed by atoms with E-state index >= 15 is 0 Å². The first-order chi connectivity index (χ1) is 10.3. The van der Waals surface area contributed by atoms with Crippen LogP contribution in [0, 0.1) is 11.8 Å². The Kier molecular flexibility index (Phi) is 6.87. The summed E-state index contributed by atoms with van der Waals surface area (Å²) in [6.07, 6.45) is 5.54. The lowest BCUT2D eigenvalue weighted by Gasteiger charge is -2.26. The van der Waals surface area contributed by atoms with Crippen molar-refractivity contribution in [2.24, 2.45) is 11.8 Å². The minimum atomic E-state index is 0.665. The first kappa shape index (κ1) is 16.2. The van der Waals surface area contributed by atoms with E-state index in [4.69, 9.17) is 9.47 Å². The molecule has 0 spiro atoms. The predicted octanol–water partition coefficient (Wildman–Crippen LogP) is 3.88. The maximum absolute atomic E-state index is 5.81. The van der Waals surface area contributed by atoms with Gasteiger partial charge in [0.1, 0.15) is 6.61 Å². The molecule has 118 valence electrons. The monoisotopic (exact) mass is 291 g/mol. The zero-order chi connectivity index (χ0) is 14.9. The Labute approximate surface area is 129 Å². The minimum absolute atomic E-state index is 0.665. The van der Waals surface area contributed by atoms with Gasteiger partial charge in [-0.05, 0) is 50.3 Å². The van der Waals surface area contributed by atoms with E-state index in [0.29, 0.717) is 13.2 Å². The molecule has 0 radical (unpaired) electrons. The van der Waals surface area contributed by atoms with Gasteiger partial charge in [-0.3, -0.25) is 0 Å². The molecule has 2 rings (SSSR count). The molecule has 0 heterocycles. The third kappa shape index (κ3) is 5.58. The van der Waals surface area contributed by atoms with Crippen molar-refractivity contribution < 1.29 is 9.47 Å². The second kappa shape index (κ2) is 8.93. The second-order valence-corrected chi connectivity index (χ2v) is 6.06. The number of nitrogens with one attached hydrogen (secondary N) is 1. The van der Waals surface area contributed by atoms with E-state index in [1.54, 1.807) is 0 Å². The predicted molar refractivity (Wildman–Crippen MR) is 87.1 cm³/mol. The van der Waals surface area contributed by atoms with Crippen LogP contribution in [0.25, 0.3) is 0 Å². The molecule has 0 amide bonds. The van der Waals surface area contributed by atoms with Gasteiger partial charge in [0.25, 0.3) is 0 Å². The quantitative estimate of drug-likeness (QED) is 0.737. The molecule has 1 N–H and O–H groups in total. The number of rotatable bonds is 8. The highest BCUT2D eigenvalue weighted by Gasteiger charge is 2.17. The molecule has 1 aromatic rings. The van der Waals surface area contributed by atoms with Gasteiger partial charge in [0.2, 0.25) is 0 Å². The fraction of sp³-hybridized carbons (Fsp3) is 0.667. The van der Waals surface area contributed by atoms with E-state index in [1.165, 1.54) is 25.7 Å². The summed E-state index contributed by atoms with van der Waals surface area (Å²) >= 11 is 0. The molecule has 0 aliphatic heterocycles. The SMILES string of the molecule is CCOc1ccccc1OCCNCC1CCC(C)CC1. The molecular formula is C18H29NO2. The van der Waals surface area contributed by atoms with Crippen LogP contribution in [0.4, 0.5) is 0 Å². The Balaban J connectivity index is 1.61. The number of para-hydroxylation sites is 2. The summed E-state index contributed by atoms with van der Waals surface area (Å²) in [7, 11) is 0. The Morgan fingerprint density at radius 3 is 2.38 bits per heavy atom. The largest absolute Gasteiger partial charge is 0.490 e. The van der Waals surface area contributed by atoms with Crippen molar-refractivity contribution in [3.8, 4) is 11.5 Å². The lowest BCUT2D eigenvalue weighted by atomic mass is 9.83. The summed E-state index contributed by atoms with van der Waals surface area (Å²) < 4.78 is 11.4. The molecule has 0 atom stereocenters. The topological polar surface area (TPSA) is 30.5 Å². The van der Waals surface area contributed by atoms with E-state index in [-0.39, 0.29) is 0 Å². The lowest BCUT2D eigenvalue weighted by molar-refractivity contribution is 0.258. The second-order valence-electron chi connectivity index (χ2n) is 6.06. The van der Waals surface area contributed by atoms with Crippen molar-refractivity contribution >= 4 is 0 Å². The summed E-state index contributed by atoms with van der Waals surface area (Å²) in [5, 5.41) is 3.53. The van der Waals surface area contributed by atoms with Crippen LogP contribution in [0.3, 0.4) is 0 Å². The molecule has 3 heteroatoms. The Morgan fingerprint density at radius 1 is 1.05 bits per heavy atom. The smallest absolute Gasteiger partial charge is 0.161 e. The molecule has 0 unspecified atom stereocenters. The van der Waals surface area contributed by atoms with Gasteiger partial charge in [-0.2, -0.15) is 0 Å². The normalized spacial score (nSPS) is 22.0. The van der Waals surface area contributed by atoms with Crippen LogP contribution in [0.5, 0.6) is 11.5 Å². The van der Waals surface area contributed by atoms with E-state index < -0.39 is 0 Å². The lowest BCUT2D eigenvalue weighted by Crippen LogP contribution is -2.29. The Hall–Kier alpha value is -1.22. The average molecular weight is 291 g/mol. The van der Waals surface area contributed by atoms with Crippen LogP contribution >= 0.6 is 0 Å². The third-order valence-corrected chi connectivity index (χ3v) is 4.25. The number of ether oxygens (including phenoxy) is 2. The average Bonchev–Trinajstić information content (AvgIpc) is 2.51.